The number of methoxy groups -OCH3 is 1. The first kappa shape index (κ1) is 22.6. The van der Waals surface area contributed by atoms with Gasteiger partial charge in [-0.05, 0) is 50.5 Å². The Morgan fingerprint density at radius 2 is 1.94 bits per heavy atom. The lowest BCUT2D eigenvalue weighted by atomic mass is 10.1. The Morgan fingerprint density at radius 1 is 1.18 bits per heavy atom. The lowest BCUT2D eigenvalue weighted by Gasteiger charge is -2.20. The van der Waals surface area contributed by atoms with Crippen molar-refractivity contribution in [2.24, 2.45) is 4.99 Å². The second-order valence-electron chi connectivity index (χ2n) is 7.73. The number of aliphatic imine (C=N–C) groups is 1. The van der Waals surface area contributed by atoms with Gasteiger partial charge in [-0.1, -0.05) is 29.8 Å². The summed E-state index contributed by atoms with van der Waals surface area (Å²) in [6.07, 6.45) is 3.22. The van der Waals surface area contributed by atoms with Crippen molar-refractivity contribution < 1.29 is 14.3 Å². The highest BCUT2D eigenvalue weighted by Crippen LogP contribution is 2.32. The van der Waals surface area contributed by atoms with E-state index in [0.29, 0.717) is 39.3 Å². The molecule has 0 amide bonds. The fraction of sp³-hybridized carbons (Fsp3) is 0.200. The van der Waals surface area contributed by atoms with Crippen molar-refractivity contribution in [3.05, 3.63) is 87.6 Å². The molecule has 7 nitrogen and oxygen atoms in total. The molecule has 0 aliphatic heterocycles. The van der Waals surface area contributed by atoms with Gasteiger partial charge in [0.05, 0.1) is 37.2 Å². The van der Waals surface area contributed by atoms with E-state index in [1.54, 1.807) is 48.9 Å². The van der Waals surface area contributed by atoms with E-state index < -0.39 is 0 Å². The summed E-state index contributed by atoms with van der Waals surface area (Å²) in [7, 11) is 5.39. The quantitative estimate of drug-likeness (QED) is 0.401. The molecule has 2 aromatic carbocycles. The standard InChI is InChI=1S/C25H24ClN3O4/c1-28(2)21(23-9-6-12-33-23)15-27-14-19-17-7-4-5-8-18(17)24(30)29(25(19)31)20-13-16(26)10-11-22(20)32-3/h4-14,21,31H,15H2,1-3H3. The summed E-state index contributed by atoms with van der Waals surface area (Å²) < 4.78 is 12.2. The molecule has 4 rings (SSSR count). The number of aromatic nitrogens is 1. The lowest BCUT2D eigenvalue weighted by Crippen LogP contribution is -2.22. The van der Waals surface area contributed by atoms with Crippen LogP contribution in [0, 0.1) is 0 Å². The molecule has 1 atom stereocenters. The van der Waals surface area contributed by atoms with Crippen LogP contribution < -0.4 is 10.3 Å². The van der Waals surface area contributed by atoms with Crippen LogP contribution in [0.2, 0.25) is 5.02 Å². The second kappa shape index (κ2) is 9.52. The zero-order valence-corrected chi connectivity index (χ0v) is 19.3. The third-order valence-corrected chi connectivity index (χ3v) is 5.71. The number of nitrogens with zero attached hydrogens (tertiary/aromatic N) is 3. The monoisotopic (exact) mass is 465 g/mol. The van der Waals surface area contributed by atoms with E-state index in [1.807, 2.05) is 37.2 Å². The first-order valence-electron chi connectivity index (χ1n) is 10.3. The second-order valence-corrected chi connectivity index (χ2v) is 8.17. The SMILES string of the molecule is COc1ccc(Cl)cc1-n1c(O)c(C=NCC(c2ccco2)N(C)C)c2ccccc2c1=O. The van der Waals surface area contributed by atoms with Crippen molar-refractivity contribution in [2.45, 2.75) is 6.04 Å². The molecule has 8 heteroatoms. The Balaban J connectivity index is 1.86. The van der Waals surface area contributed by atoms with Crippen LogP contribution >= 0.6 is 11.6 Å². The largest absolute Gasteiger partial charge is 0.495 e. The van der Waals surface area contributed by atoms with Crippen molar-refractivity contribution in [3.8, 4) is 17.3 Å². The van der Waals surface area contributed by atoms with Crippen LogP contribution in [0.5, 0.6) is 11.6 Å². The van der Waals surface area contributed by atoms with Gasteiger partial charge in [0.2, 0.25) is 5.88 Å². The van der Waals surface area contributed by atoms with Gasteiger partial charge in [0.1, 0.15) is 11.5 Å². The number of aromatic hydroxyl groups is 1. The number of likely N-dealkylation sites (N-methyl/N-ethyl adjacent to an activating group) is 1. The number of halogens is 1. The number of furan rings is 1. The Morgan fingerprint density at radius 3 is 2.61 bits per heavy atom. The number of pyridine rings is 1. The Hall–Kier alpha value is -3.55. The summed E-state index contributed by atoms with van der Waals surface area (Å²) in [6, 6.07) is 15.6. The van der Waals surface area contributed by atoms with E-state index in [-0.39, 0.29) is 17.5 Å². The van der Waals surface area contributed by atoms with Gasteiger partial charge < -0.3 is 14.3 Å². The summed E-state index contributed by atoms with van der Waals surface area (Å²) in [6.45, 7) is 0.397. The van der Waals surface area contributed by atoms with E-state index in [9.17, 15) is 9.90 Å². The highest BCUT2D eigenvalue weighted by atomic mass is 35.5. The number of hydrogen-bond donors (Lipinski definition) is 1. The maximum atomic E-state index is 13.3. The van der Waals surface area contributed by atoms with Gasteiger partial charge in [-0.3, -0.25) is 14.7 Å². The van der Waals surface area contributed by atoms with Crippen LogP contribution in [0.25, 0.3) is 16.5 Å². The summed E-state index contributed by atoms with van der Waals surface area (Å²) in [5.41, 5.74) is 0.376. The average molecular weight is 466 g/mol. The molecule has 0 spiro atoms. The van der Waals surface area contributed by atoms with Crippen molar-refractivity contribution >= 4 is 28.6 Å². The van der Waals surface area contributed by atoms with E-state index in [2.05, 4.69) is 4.99 Å². The van der Waals surface area contributed by atoms with Crippen molar-refractivity contribution in [3.63, 3.8) is 0 Å². The van der Waals surface area contributed by atoms with Crippen molar-refractivity contribution in [2.75, 3.05) is 27.7 Å². The van der Waals surface area contributed by atoms with E-state index in [0.717, 1.165) is 5.76 Å². The molecule has 0 saturated carbocycles. The lowest BCUT2D eigenvalue weighted by molar-refractivity contribution is 0.265. The maximum absolute atomic E-state index is 13.3. The Bertz CT molecular complexity index is 1360. The van der Waals surface area contributed by atoms with Crippen LogP contribution in [0.1, 0.15) is 17.4 Å². The molecule has 2 heterocycles. The molecule has 0 aliphatic rings. The molecule has 33 heavy (non-hydrogen) atoms. The number of rotatable bonds is 7. The summed E-state index contributed by atoms with van der Waals surface area (Å²) >= 11 is 6.19. The minimum absolute atomic E-state index is 0.0800. The molecule has 2 aromatic heterocycles. The predicted molar refractivity (Wildman–Crippen MR) is 130 cm³/mol. The molecule has 0 fully saturated rings. The Labute approximate surface area is 196 Å². The van der Waals surface area contributed by atoms with Gasteiger partial charge >= 0.3 is 0 Å². The van der Waals surface area contributed by atoms with E-state index in [4.69, 9.17) is 20.8 Å². The Kier molecular flexibility index (Phi) is 6.53. The van der Waals surface area contributed by atoms with Crippen molar-refractivity contribution in [1.82, 2.24) is 9.47 Å². The normalized spacial score (nSPS) is 12.6. The third kappa shape index (κ3) is 4.37. The molecule has 1 unspecified atom stereocenters. The molecular formula is C25H24ClN3O4. The van der Waals surface area contributed by atoms with Gasteiger partial charge in [-0.25, -0.2) is 4.57 Å². The van der Waals surface area contributed by atoms with Crippen LogP contribution in [-0.2, 0) is 0 Å². The van der Waals surface area contributed by atoms with Gasteiger partial charge in [0.25, 0.3) is 5.56 Å². The molecular weight excluding hydrogens is 442 g/mol. The number of hydrogen-bond acceptors (Lipinski definition) is 6. The van der Waals surface area contributed by atoms with Crippen LogP contribution in [0.3, 0.4) is 0 Å². The minimum Gasteiger partial charge on any atom is -0.495 e. The molecule has 0 saturated heterocycles. The van der Waals surface area contributed by atoms with Crippen LogP contribution in [0.15, 0.2) is 75.1 Å². The third-order valence-electron chi connectivity index (χ3n) is 5.48. The average Bonchev–Trinajstić information content (AvgIpc) is 3.33. The van der Waals surface area contributed by atoms with Crippen LogP contribution in [0.4, 0.5) is 0 Å². The number of ether oxygens (including phenoxy) is 1. The predicted octanol–water partition coefficient (Wildman–Crippen LogP) is 4.67. The molecule has 170 valence electrons. The summed E-state index contributed by atoms with van der Waals surface area (Å²) in [4.78, 5) is 20.0. The van der Waals surface area contributed by atoms with Crippen molar-refractivity contribution in [1.29, 1.82) is 0 Å². The molecule has 4 aromatic rings. The first-order valence-corrected chi connectivity index (χ1v) is 10.7. The smallest absolute Gasteiger partial charge is 0.265 e. The fourth-order valence-corrected chi connectivity index (χ4v) is 3.95. The fourth-order valence-electron chi connectivity index (χ4n) is 3.78. The highest BCUT2D eigenvalue weighted by molar-refractivity contribution is 6.30. The highest BCUT2D eigenvalue weighted by Gasteiger charge is 2.20. The topological polar surface area (TPSA) is 80.2 Å². The van der Waals surface area contributed by atoms with E-state index >= 15 is 0 Å². The molecule has 0 radical (unpaired) electrons. The molecule has 0 bridgehead atoms. The summed E-state index contributed by atoms with van der Waals surface area (Å²) in [5, 5.41) is 12.7. The van der Waals surface area contributed by atoms with Gasteiger partial charge in [-0.15, -0.1) is 0 Å². The number of benzene rings is 2. The van der Waals surface area contributed by atoms with Crippen LogP contribution in [-0.4, -0.2) is 48.5 Å². The summed E-state index contributed by atoms with van der Waals surface area (Å²) in [5.74, 6) is 0.947. The van der Waals surface area contributed by atoms with Gasteiger partial charge in [-0.2, -0.15) is 0 Å². The molecule has 1 N–H and O–H groups in total. The first-order chi connectivity index (χ1) is 15.9. The van der Waals surface area contributed by atoms with Gasteiger partial charge in [0.15, 0.2) is 0 Å². The minimum atomic E-state index is -0.387. The van der Waals surface area contributed by atoms with Gasteiger partial charge in [0, 0.05) is 22.0 Å². The zero-order chi connectivity index (χ0) is 23.5. The zero-order valence-electron chi connectivity index (χ0n) is 18.5. The number of fused-ring (bicyclic) bond motifs is 1. The molecule has 0 aliphatic carbocycles. The van der Waals surface area contributed by atoms with E-state index in [1.165, 1.54) is 11.7 Å². The maximum Gasteiger partial charge on any atom is 0.265 e.